The quantitative estimate of drug-likeness (QED) is 0.511. The predicted octanol–water partition coefficient (Wildman–Crippen LogP) is 3.47. The van der Waals surface area contributed by atoms with E-state index in [1.807, 2.05) is 79.8 Å². The van der Waals surface area contributed by atoms with E-state index < -0.39 is 0 Å². The minimum Gasteiger partial charge on any atom is -0.319 e. The lowest BCUT2D eigenvalue weighted by Crippen LogP contribution is -2.19. The number of carbonyl (C=O) groups is 1. The summed E-state index contributed by atoms with van der Waals surface area (Å²) in [5.74, 6) is 0.0149. The summed E-state index contributed by atoms with van der Waals surface area (Å²) in [7, 11) is 3.87. The van der Waals surface area contributed by atoms with Crippen molar-refractivity contribution in [3.8, 4) is 0 Å². The third-order valence-corrected chi connectivity index (χ3v) is 2.75. The molecule has 0 aliphatic heterocycles. The molecule has 3 nitrogen and oxygen atoms in total. The Kier molecular flexibility index (Phi) is 4.69. The Balaban J connectivity index is 2.03. The molecule has 0 unspecified atom stereocenters. The molecular weight excluding hydrogens is 248 g/mol. The number of benzene rings is 2. The van der Waals surface area contributed by atoms with Gasteiger partial charge in [-0.15, -0.1) is 0 Å². The molecule has 0 saturated heterocycles. The third-order valence-electron chi connectivity index (χ3n) is 2.75. The Bertz CT molecular complexity index is 586. The Morgan fingerprint density at radius 3 is 2.25 bits per heavy atom. The normalized spacial score (nSPS) is 10.9. The summed E-state index contributed by atoms with van der Waals surface area (Å²) in [4.78, 5) is 11.9. The molecule has 0 atom stereocenters. The zero-order valence-corrected chi connectivity index (χ0v) is 11.7. The van der Waals surface area contributed by atoms with E-state index in [0.717, 1.165) is 11.3 Å². The van der Waals surface area contributed by atoms with Gasteiger partial charge in [0.1, 0.15) is 0 Å². The van der Waals surface area contributed by atoms with Crippen LogP contribution >= 0.6 is 0 Å². The average molecular weight is 266 g/mol. The number of rotatable bonds is 5. The van der Waals surface area contributed by atoms with E-state index >= 15 is 0 Å². The molecule has 0 radical (unpaired) electrons. The number of anilines is 1. The van der Waals surface area contributed by atoms with E-state index in [1.54, 1.807) is 6.08 Å². The van der Waals surface area contributed by atoms with Crippen molar-refractivity contribution in [1.29, 1.82) is 0 Å². The van der Waals surface area contributed by atoms with Crippen LogP contribution in [-0.2, 0) is 0 Å². The lowest BCUT2D eigenvalue weighted by molar-refractivity contribution is 0.104. The van der Waals surface area contributed by atoms with Crippen molar-refractivity contribution in [2.24, 2.45) is 0 Å². The summed E-state index contributed by atoms with van der Waals surface area (Å²) in [6.07, 6.45) is 3.43. The molecule has 0 heterocycles. The van der Waals surface area contributed by atoms with Crippen molar-refractivity contribution in [2.45, 2.75) is 0 Å². The molecule has 0 aromatic heterocycles. The summed E-state index contributed by atoms with van der Waals surface area (Å²) >= 11 is 0. The van der Waals surface area contributed by atoms with Gasteiger partial charge in [-0.3, -0.25) is 4.79 Å². The molecule has 0 spiro atoms. The van der Waals surface area contributed by atoms with Crippen molar-refractivity contribution in [2.75, 3.05) is 19.5 Å². The number of hydrogen-bond acceptors (Lipinski definition) is 3. The molecular formula is C17H18N2O. The Morgan fingerprint density at radius 2 is 1.65 bits per heavy atom. The first kappa shape index (κ1) is 14.0. The van der Waals surface area contributed by atoms with E-state index in [1.165, 1.54) is 0 Å². The van der Waals surface area contributed by atoms with Crippen molar-refractivity contribution >= 4 is 17.5 Å². The predicted molar refractivity (Wildman–Crippen MR) is 83.6 cm³/mol. The summed E-state index contributed by atoms with van der Waals surface area (Å²) in [5.41, 5.74) is 5.88. The van der Waals surface area contributed by atoms with E-state index in [-0.39, 0.29) is 5.78 Å². The zero-order valence-electron chi connectivity index (χ0n) is 11.7. The van der Waals surface area contributed by atoms with Crippen LogP contribution in [0.15, 0.2) is 60.7 Å². The van der Waals surface area contributed by atoms with Crippen molar-refractivity contribution < 1.29 is 4.79 Å². The van der Waals surface area contributed by atoms with Crippen LogP contribution in [0.5, 0.6) is 0 Å². The molecule has 20 heavy (non-hydrogen) atoms. The molecule has 102 valence electrons. The van der Waals surface area contributed by atoms with Gasteiger partial charge < -0.3 is 5.43 Å². The minimum atomic E-state index is 0.0149. The lowest BCUT2D eigenvalue weighted by atomic mass is 10.1. The SMILES string of the molecule is CN(C)Nc1ccc(C=CC(=O)c2ccccc2)cc1. The molecule has 0 amide bonds. The summed E-state index contributed by atoms with van der Waals surface area (Å²) < 4.78 is 0. The van der Waals surface area contributed by atoms with Gasteiger partial charge in [0.15, 0.2) is 5.78 Å². The highest BCUT2D eigenvalue weighted by atomic mass is 16.1. The second kappa shape index (κ2) is 6.68. The molecule has 0 aliphatic carbocycles. The third kappa shape index (κ3) is 4.07. The van der Waals surface area contributed by atoms with Crippen LogP contribution in [0.25, 0.3) is 6.08 Å². The maximum absolute atomic E-state index is 11.9. The van der Waals surface area contributed by atoms with Gasteiger partial charge in [0.25, 0.3) is 0 Å². The van der Waals surface area contributed by atoms with Gasteiger partial charge in [-0.25, -0.2) is 5.01 Å². The number of nitrogens with zero attached hydrogens (tertiary/aromatic N) is 1. The second-order valence-corrected chi connectivity index (χ2v) is 4.69. The first-order valence-corrected chi connectivity index (χ1v) is 6.46. The molecule has 2 aromatic carbocycles. The van der Waals surface area contributed by atoms with E-state index in [9.17, 15) is 4.79 Å². The maximum Gasteiger partial charge on any atom is 0.185 e. The van der Waals surface area contributed by atoms with Crippen LogP contribution in [0.4, 0.5) is 5.69 Å². The van der Waals surface area contributed by atoms with Crippen LogP contribution in [0.2, 0.25) is 0 Å². The fourth-order valence-electron chi connectivity index (χ4n) is 1.80. The Morgan fingerprint density at radius 1 is 1.00 bits per heavy atom. The molecule has 2 rings (SSSR count). The van der Waals surface area contributed by atoms with Crippen LogP contribution in [0, 0.1) is 0 Å². The maximum atomic E-state index is 11.9. The van der Waals surface area contributed by atoms with Gasteiger partial charge in [-0.2, -0.15) is 0 Å². The largest absolute Gasteiger partial charge is 0.319 e. The topological polar surface area (TPSA) is 32.3 Å². The first-order chi connectivity index (χ1) is 9.65. The fraction of sp³-hybridized carbons (Fsp3) is 0.118. The minimum absolute atomic E-state index is 0.0149. The fourth-order valence-corrected chi connectivity index (χ4v) is 1.80. The number of carbonyl (C=O) groups excluding carboxylic acids is 1. The molecule has 3 heteroatoms. The van der Waals surface area contributed by atoms with Crippen molar-refractivity contribution in [1.82, 2.24) is 5.01 Å². The number of hydrazine groups is 1. The molecule has 0 saturated carbocycles. The summed E-state index contributed by atoms with van der Waals surface area (Å²) in [6.45, 7) is 0. The van der Waals surface area contributed by atoms with Gasteiger partial charge in [0.2, 0.25) is 0 Å². The monoisotopic (exact) mass is 266 g/mol. The Labute approximate surface area is 119 Å². The number of allylic oxidation sites excluding steroid dienone is 1. The van der Waals surface area contributed by atoms with E-state index in [4.69, 9.17) is 0 Å². The highest BCUT2D eigenvalue weighted by Crippen LogP contribution is 2.11. The second-order valence-electron chi connectivity index (χ2n) is 4.69. The van der Waals surface area contributed by atoms with Gasteiger partial charge in [-0.1, -0.05) is 48.5 Å². The highest BCUT2D eigenvalue weighted by Gasteiger charge is 1.99. The number of nitrogens with one attached hydrogen (secondary N) is 1. The van der Waals surface area contributed by atoms with Crippen LogP contribution < -0.4 is 5.43 Å². The highest BCUT2D eigenvalue weighted by molar-refractivity contribution is 6.06. The first-order valence-electron chi connectivity index (χ1n) is 6.46. The van der Waals surface area contributed by atoms with E-state index in [0.29, 0.717) is 5.56 Å². The Hall–Kier alpha value is -2.39. The molecule has 0 bridgehead atoms. The van der Waals surface area contributed by atoms with Crippen molar-refractivity contribution in [3.05, 3.63) is 71.8 Å². The van der Waals surface area contributed by atoms with Gasteiger partial charge >= 0.3 is 0 Å². The van der Waals surface area contributed by atoms with Gasteiger partial charge in [0, 0.05) is 25.3 Å². The van der Waals surface area contributed by atoms with Gasteiger partial charge in [-0.05, 0) is 23.8 Å². The van der Waals surface area contributed by atoms with Crippen LogP contribution in [-0.4, -0.2) is 24.9 Å². The summed E-state index contributed by atoms with van der Waals surface area (Å²) in [5, 5.41) is 1.88. The summed E-state index contributed by atoms with van der Waals surface area (Å²) in [6, 6.07) is 17.2. The van der Waals surface area contributed by atoms with Gasteiger partial charge in [0.05, 0.1) is 0 Å². The smallest absolute Gasteiger partial charge is 0.185 e. The van der Waals surface area contributed by atoms with E-state index in [2.05, 4.69) is 5.43 Å². The average Bonchev–Trinajstić information content (AvgIpc) is 2.46. The molecule has 0 fully saturated rings. The zero-order chi connectivity index (χ0) is 14.4. The van der Waals surface area contributed by atoms with Crippen molar-refractivity contribution in [3.63, 3.8) is 0 Å². The number of hydrogen-bond donors (Lipinski definition) is 1. The van der Waals surface area contributed by atoms with Crippen LogP contribution in [0.3, 0.4) is 0 Å². The molecule has 1 N–H and O–H groups in total. The molecule has 2 aromatic rings. The lowest BCUT2D eigenvalue weighted by Gasteiger charge is -2.13. The van der Waals surface area contributed by atoms with Crippen LogP contribution in [0.1, 0.15) is 15.9 Å². The standard InChI is InChI=1S/C17H18N2O/c1-19(2)18-16-11-8-14(9-12-16)10-13-17(20)15-6-4-3-5-7-15/h3-13,18H,1-2H3. The molecule has 0 aliphatic rings. The number of ketones is 1.